The first-order valence-electron chi connectivity index (χ1n) is 9.05. The average molecular weight is 400 g/mol. The van der Waals surface area contributed by atoms with Crippen molar-refractivity contribution < 1.29 is 28.2 Å². The van der Waals surface area contributed by atoms with Crippen molar-refractivity contribution >= 4 is 29.2 Å². The maximum atomic E-state index is 13.6. The Morgan fingerprint density at radius 2 is 2.00 bits per heavy atom. The van der Waals surface area contributed by atoms with Gasteiger partial charge in [0.25, 0.3) is 5.91 Å². The minimum absolute atomic E-state index is 0.00214. The maximum Gasteiger partial charge on any atom is 0.311 e. The Labute approximate surface area is 167 Å². The second-order valence-electron chi connectivity index (χ2n) is 6.72. The number of nitrogens with one attached hydrogen (secondary N) is 1. The van der Waals surface area contributed by atoms with Gasteiger partial charge in [-0.3, -0.25) is 14.4 Å². The van der Waals surface area contributed by atoms with Gasteiger partial charge in [0.15, 0.2) is 6.61 Å². The van der Waals surface area contributed by atoms with E-state index >= 15 is 0 Å². The molecule has 8 heteroatoms. The summed E-state index contributed by atoms with van der Waals surface area (Å²) in [6, 6.07) is 11.1. The maximum absolute atomic E-state index is 13.6. The molecule has 29 heavy (non-hydrogen) atoms. The quantitative estimate of drug-likeness (QED) is 0.754. The Bertz CT molecular complexity index is 946. The summed E-state index contributed by atoms with van der Waals surface area (Å²) < 4.78 is 23.9. The monoisotopic (exact) mass is 400 g/mol. The lowest BCUT2D eigenvalue weighted by Gasteiger charge is -2.20. The van der Waals surface area contributed by atoms with E-state index in [9.17, 15) is 18.8 Å². The fourth-order valence-corrected chi connectivity index (χ4v) is 3.11. The number of ether oxygens (including phenoxy) is 2. The van der Waals surface area contributed by atoms with Crippen LogP contribution < -0.4 is 15.0 Å². The fourth-order valence-electron chi connectivity index (χ4n) is 3.11. The van der Waals surface area contributed by atoms with Crippen molar-refractivity contribution in [3.05, 3.63) is 53.8 Å². The molecule has 152 valence electrons. The molecule has 2 amide bonds. The molecule has 1 N–H and O–H groups in total. The summed E-state index contributed by atoms with van der Waals surface area (Å²) in [5, 5.41) is 2.34. The van der Waals surface area contributed by atoms with Crippen molar-refractivity contribution in [3.63, 3.8) is 0 Å². The minimum Gasteiger partial charge on any atom is -0.495 e. The Hall–Kier alpha value is -3.42. The van der Waals surface area contributed by atoms with E-state index in [0.717, 1.165) is 5.56 Å². The molecule has 1 atom stereocenters. The zero-order valence-corrected chi connectivity index (χ0v) is 16.1. The van der Waals surface area contributed by atoms with Crippen LogP contribution in [0, 0.1) is 18.7 Å². The number of anilines is 2. The molecule has 2 aromatic rings. The van der Waals surface area contributed by atoms with Crippen LogP contribution in [0.4, 0.5) is 15.8 Å². The number of halogens is 1. The lowest BCUT2D eigenvalue weighted by Crippen LogP contribution is -2.28. The van der Waals surface area contributed by atoms with Crippen molar-refractivity contribution in [1.29, 1.82) is 0 Å². The molecule has 1 aliphatic heterocycles. The topological polar surface area (TPSA) is 84.9 Å². The van der Waals surface area contributed by atoms with Crippen LogP contribution in [-0.4, -0.2) is 38.0 Å². The minimum atomic E-state index is -0.700. The highest BCUT2D eigenvalue weighted by atomic mass is 19.1. The molecule has 0 spiro atoms. The summed E-state index contributed by atoms with van der Waals surface area (Å²) in [6.45, 7) is 1.46. The first-order valence-corrected chi connectivity index (χ1v) is 9.05. The number of hydrogen-bond acceptors (Lipinski definition) is 5. The largest absolute Gasteiger partial charge is 0.495 e. The Kier molecular flexibility index (Phi) is 6.11. The number of nitrogens with zero attached hydrogens (tertiary/aromatic N) is 1. The van der Waals surface area contributed by atoms with E-state index in [1.54, 1.807) is 12.1 Å². The highest BCUT2D eigenvalue weighted by Gasteiger charge is 2.37. The van der Waals surface area contributed by atoms with Gasteiger partial charge in [-0.1, -0.05) is 18.2 Å². The zero-order chi connectivity index (χ0) is 21.0. The molecule has 2 aromatic carbocycles. The number of amides is 2. The first kappa shape index (κ1) is 20.3. The van der Waals surface area contributed by atoms with Crippen LogP contribution in [0.25, 0.3) is 0 Å². The molecule has 1 heterocycles. The summed E-state index contributed by atoms with van der Waals surface area (Å²) >= 11 is 0. The van der Waals surface area contributed by atoms with Crippen LogP contribution in [0.3, 0.4) is 0 Å². The second-order valence-corrected chi connectivity index (χ2v) is 6.72. The molecule has 1 aliphatic rings. The summed E-state index contributed by atoms with van der Waals surface area (Å²) in [7, 11) is 1.51. The Morgan fingerprint density at radius 1 is 1.24 bits per heavy atom. The van der Waals surface area contributed by atoms with E-state index in [1.165, 1.54) is 30.2 Å². The molecule has 0 radical (unpaired) electrons. The molecule has 0 aliphatic carbocycles. The summed E-state index contributed by atoms with van der Waals surface area (Å²) in [5.74, 6) is -2.31. The van der Waals surface area contributed by atoms with Gasteiger partial charge in [-0.2, -0.15) is 0 Å². The first-order chi connectivity index (χ1) is 13.9. The van der Waals surface area contributed by atoms with Crippen LogP contribution in [0.5, 0.6) is 5.75 Å². The Balaban J connectivity index is 1.59. The van der Waals surface area contributed by atoms with Gasteiger partial charge in [0.05, 0.1) is 24.4 Å². The molecule has 7 nitrogen and oxygen atoms in total. The second kappa shape index (κ2) is 8.72. The van der Waals surface area contributed by atoms with Gasteiger partial charge in [-0.25, -0.2) is 4.39 Å². The van der Waals surface area contributed by atoms with Gasteiger partial charge in [0.1, 0.15) is 11.6 Å². The van der Waals surface area contributed by atoms with Crippen LogP contribution in [-0.2, 0) is 19.1 Å². The molecule has 0 unspecified atom stereocenters. The van der Waals surface area contributed by atoms with E-state index in [0.29, 0.717) is 11.4 Å². The molecule has 1 fully saturated rings. The van der Waals surface area contributed by atoms with Crippen LogP contribution in [0.2, 0.25) is 0 Å². The third-order valence-corrected chi connectivity index (χ3v) is 4.58. The van der Waals surface area contributed by atoms with Crippen LogP contribution in [0.15, 0.2) is 42.5 Å². The third-order valence-electron chi connectivity index (χ3n) is 4.58. The predicted molar refractivity (Wildman–Crippen MR) is 104 cm³/mol. The van der Waals surface area contributed by atoms with Gasteiger partial charge >= 0.3 is 5.97 Å². The van der Waals surface area contributed by atoms with Crippen molar-refractivity contribution in [2.75, 3.05) is 30.5 Å². The standard InChI is InChI=1S/C21H21FN2O5/c1-13-7-8-18(28-2)17(9-13)24-11-14(10-20(24)26)21(27)29-12-19(25)23-16-6-4-3-5-15(16)22/h3-9,14H,10-12H2,1-2H3,(H,23,25)/t14-/m1/s1. The molecule has 0 saturated carbocycles. The number of rotatable bonds is 6. The average Bonchev–Trinajstić information content (AvgIpc) is 3.09. The number of hydrogen-bond donors (Lipinski definition) is 1. The fraction of sp³-hybridized carbons (Fsp3) is 0.286. The summed E-state index contributed by atoms with van der Waals surface area (Å²) in [4.78, 5) is 38.1. The number of carbonyl (C=O) groups excluding carboxylic acids is 3. The zero-order valence-electron chi connectivity index (χ0n) is 16.1. The number of carbonyl (C=O) groups is 3. The highest BCUT2D eigenvalue weighted by Crippen LogP contribution is 2.34. The third kappa shape index (κ3) is 4.71. The van der Waals surface area contributed by atoms with E-state index < -0.39 is 30.2 Å². The van der Waals surface area contributed by atoms with Gasteiger partial charge < -0.3 is 19.7 Å². The van der Waals surface area contributed by atoms with Crippen molar-refractivity contribution in [3.8, 4) is 5.75 Å². The summed E-state index contributed by atoms with van der Waals surface area (Å²) in [6.07, 6.45) is -0.0230. The number of aryl methyl sites for hydroxylation is 1. The predicted octanol–water partition coefficient (Wildman–Crippen LogP) is 2.68. The van der Waals surface area contributed by atoms with Crippen LogP contribution >= 0.6 is 0 Å². The molecule has 0 aromatic heterocycles. The van der Waals surface area contributed by atoms with Gasteiger partial charge in [0, 0.05) is 13.0 Å². The Morgan fingerprint density at radius 3 is 2.72 bits per heavy atom. The SMILES string of the molecule is COc1ccc(C)cc1N1C[C@H](C(=O)OCC(=O)Nc2ccccc2F)CC1=O. The lowest BCUT2D eigenvalue weighted by molar-refractivity contribution is -0.151. The van der Waals surface area contributed by atoms with E-state index in [-0.39, 0.29) is 24.6 Å². The molecule has 1 saturated heterocycles. The molecule has 3 rings (SSSR count). The summed E-state index contributed by atoms with van der Waals surface area (Å²) in [5.41, 5.74) is 1.54. The smallest absolute Gasteiger partial charge is 0.311 e. The van der Waals surface area contributed by atoms with Crippen molar-refractivity contribution in [2.45, 2.75) is 13.3 Å². The van der Waals surface area contributed by atoms with Crippen LogP contribution in [0.1, 0.15) is 12.0 Å². The van der Waals surface area contributed by atoms with Gasteiger partial charge in [-0.05, 0) is 36.8 Å². The van der Waals surface area contributed by atoms with E-state index in [2.05, 4.69) is 5.32 Å². The van der Waals surface area contributed by atoms with Crippen molar-refractivity contribution in [2.24, 2.45) is 5.92 Å². The molecular weight excluding hydrogens is 379 g/mol. The molecule has 0 bridgehead atoms. The van der Waals surface area contributed by atoms with E-state index in [4.69, 9.17) is 9.47 Å². The van der Waals surface area contributed by atoms with Gasteiger partial charge in [0.2, 0.25) is 5.91 Å². The number of benzene rings is 2. The normalized spacial score (nSPS) is 15.9. The number of methoxy groups -OCH3 is 1. The van der Waals surface area contributed by atoms with Gasteiger partial charge in [-0.15, -0.1) is 0 Å². The lowest BCUT2D eigenvalue weighted by atomic mass is 10.1. The number of esters is 1. The number of para-hydroxylation sites is 1. The molecular formula is C21H21FN2O5. The van der Waals surface area contributed by atoms with E-state index in [1.807, 2.05) is 19.1 Å². The highest BCUT2D eigenvalue weighted by molar-refractivity contribution is 6.01. The van der Waals surface area contributed by atoms with Crippen molar-refractivity contribution in [1.82, 2.24) is 0 Å².